The lowest BCUT2D eigenvalue weighted by Crippen LogP contribution is -2.40. The van der Waals surface area contributed by atoms with Crippen molar-refractivity contribution in [2.24, 2.45) is 0 Å². The van der Waals surface area contributed by atoms with Gasteiger partial charge in [0.05, 0.1) is 35.3 Å². The quantitative estimate of drug-likeness (QED) is 0.665. The number of esters is 1. The van der Waals surface area contributed by atoms with Crippen LogP contribution < -0.4 is 5.32 Å². The highest BCUT2D eigenvalue weighted by molar-refractivity contribution is 7.89. The van der Waals surface area contributed by atoms with Gasteiger partial charge in [-0.05, 0) is 36.4 Å². The first-order valence-electron chi connectivity index (χ1n) is 9.16. The molecular weight excluding hydrogens is 429 g/mol. The summed E-state index contributed by atoms with van der Waals surface area (Å²) < 4.78 is 50.7. The Bertz CT molecular complexity index is 1140. The van der Waals surface area contributed by atoms with Crippen LogP contribution in [0, 0.1) is 17.1 Å². The number of carbonyl (C=O) groups excluding carboxylic acids is 2. The zero-order chi connectivity index (χ0) is 22.4. The summed E-state index contributed by atoms with van der Waals surface area (Å²) in [6, 6.07) is 10.8. The largest absolute Gasteiger partial charge is 0.452 e. The maximum absolute atomic E-state index is 14.1. The van der Waals surface area contributed by atoms with Crippen LogP contribution in [-0.4, -0.2) is 57.5 Å². The maximum atomic E-state index is 14.1. The molecule has 1 saturated heterocycles. The predicted octanol–water partition coefficient (Wildman–Crippen LogP) is 1.51. The van der Waals surface area contributed by atoms with Gasteiger partial charge in [-0.25, -0.2) is 17.6 Å². The van der Waals surface area contributed by atoms with E-state index in [0.717, 1.165) is 18.2 Å². The van der Waals surface area contributed by atoms with Gasteiger partial charge in [0.15, 0.2) is 6.61 Å². The van der Waals surface area contributed by atoms with Crippen molar-refractivity contribution in [2.75, 3.05) is 38.2 Å². The van der Waals surface area contributed by atoms with Crippen LogP contribution in [0.4, 0.5) is 10.1 Å². The second-order valence-corrected chi connectivity index (χ2v) is 8.41. The second-order valence-electron chi connectivity index (χ2n) is 6.48. The highest BCUT2D eigenvalue weighted by Crippen LogP contribution is 2.21. The molecule has 0 spiro atoms. The number of rotatable bonds is 6. The summed E-state index contributed by atoms with van der Waals surface area (Å²) in [7, 11) is -3.94. The Morgan fingerprint density at radius 3 is 2.65 bits per heavy atom. The van der Waals surface area contributed by atoms with E-state index in [1.807, 2.05) is 6.07 Å². The number of morpholine rings is 1. The van der Waals surface area contributed by atoms with Gasteiger partial charge >= 0.3 is 5.97 Å². The molecule has 1 amide bonds. The zero-order valence-electron chi connectivity index (χ0n) is 16.2. The minimum atomic E-state index is -3.94. The Morgan fingerprint density at radius 2 is 1.94 bits per heavy atom. The van der Waals surface area contributed by atoms with Crippen molar-refractivity contribution in [3.63, 3.8) is 0 Å². The molecule has 9 nitrogen and oxygen atoms in total. The highest BCUT2D eigenvalue weighted by Gasteiger charge is 2.28. The molecule has 1 N–H and O–H groups in total. The highest BCUT2D eigenvalue weighted by atomic mass is 32.2. The molecule has 2 aromatic rings. The number of nitriles is 1. The van der Waals surface area contributed by atoms with Crippen molar-refractivity contribution in [1.29, 1.82) is 5.26 Å². The summed E-state index contributed by atoms with van der Waals surface area (Å²) in [4.78, 5) is 24.0. The van der Waals surface area contributed by atoms with E-state index < -0.39 is 39.9 Å². The number of amides is 1. The fourth-order valence-electron chi connectivity index (χ4n) is 2.83. The second kappa shape index (κ2) is 9.65. The summed E-state index contributed by atoms with van der Waals surface area (Å²) >= 11 is 0. The Labute approximate surface area is 178 Å². The topological polar surface area (TPSA) is 126 Å². The third-order valence-electron chi connectivity index (χ3n) is 4.38. The third kappa shape index (κ3) is 5.43. The van der Waals surface area contributed by atoms with Gasteiger partial charge in [-0.1, -0.05) is 6.07 Å². The predicted molar refractivity (Wildman–Crippen MR) is 106 cm³/mol. The Hall–Kier alpha value is -3.33. The normalized spacial score (nSPS) is 14.5. The molecule has 0 bridgehead atoms. The molecule has 0 saturated carbocycles. The molecule has 2 aromatic carbocycles. The molecule has 0 radical (unpaired) electrons. The van der Waals surface area contributed by atoms with Crippen LogP contribution >= 0.6 is 0 Å². The van der Waals surface area contributed by atoms with Gasteiger partial charge in [0.25, 0.3) is 5.91 Å². The van der Waals surface area contributed by atoms with E-state index in [1.165, 1.54) is 10.4 Å². The number of sulfonamides is 1. The number of halogens is 1. The molecular formula is C20H18FN3O6S. The number of nitrogens with one attached hydrogen (secondary N) is 1. The van der Waals surface area contributed by atoms with Crippen molar-refractivity contribution in [3.8, 4) is 6.07 Å². The van der Waals surface area contributed by atoms with Crippen LogP contribution in [0.1, 0.15) is 15.9 Å². The minimum Gasteiger partial charge on any atom is -0.452 e. The molecule has 162 valence electrons. The van der Waals surface area contributed by atoms with Gasteiger partial charge in [0, 0.05) is 18.8 Å². The van der Waals surface area contributed by atoms with E-state index in [4.69, 9.17) is 14.7 Å². The molecule has 1 aliphatic heterocycles. The van der Waals surface area contributed by atoms with E-state index in [9.17, 15) is 22.4 Å². The molecule has 1 fully saturated rings. The number of ether oxygens (including phenoxy) is 2. The average Bonchev–Trinajstić information content (AvgIpc) is 2.78. The Morgan fingerprint density at radius 1 is 1.19 bits per heavy atom. The number of hydrogen-bond acceptors (Lipinski definition) is 7. The number of nitrogens with zero attached hydrogens (tertiary/aromatic N) is 2. The summed E-state index contributed by atoms with van der Waals surface area (Å²) in [6.07, 6.45) is 0. The van der Waals surface area contributed by atoms with Crippen LogP contribution in [0.15, 0.2) is 47.4 Å². The molecule has 0 unspecified atom stereocenters. The lowest BCUT2D eigenvalue weighted by molar-refractivity contribution is -0.119. The fourth-order valence-corrected chi connectivity index (χ4v) is 4.26. The maximum Gasteiger partial charge on any atom is 0.341 e. The molecule has 1 aliphatic rings. The Balaban J connectivity index is 1.68. The van der Waals surface area contributed by atoms with Crippen molar-refractivity contribution in [2.45, 2.75) is 4.90 Å². The molecule has 0 aromatic heterocycles. The molecule has 31 heavy (non-hydrogen) atoms. The molecule has 0 aliphatic carbocycles. The Kier molecular flexibility index (Phi) is 6.96. The van der Waals surface area contributed by atoms with E-state index >= 15 is 0 Å². The van der Waals surface area contributed by atoms with E-state index in [2.05, 4.69) is 5.32 Å². The summed E-state index contributed by atoms with van der Waals surface area (Å²) in [6.45, 7) is 0.0399. The van der Waals surface area contributed by atoms with Crippen LogP contribution in [0.5, 0.6) is 0 Å². The van der Waals surface area contributed by atoms with E-state index in [-0.39, 0.29) is 31.2 Å². The SMILES string of the molecule is N#Cc1cccc(NC(=O)COC(=O)c2cc(S(=O)(=O)N3CCOCC3)ccc2F)c1. The molecule has 1 heterocycles. The summed E-state index contributed by atoms with van der Waals surface area (Å²) in [5.41, 5.74) is 0.0497. The molecule has 11 heteroatoms. The first kappa shape index (κ1) is 22.4. The monoisotopic (exact) mass is 447 g/mol. The number of benzene rings is 2. The van der Waals surface area contributed by atoms with Crippen LogP contribution in [0.2, 0.25) is 0 Å². The van der Waals surface area contributed by atoms with E-state index in [0.29, 0.717) is 11.3 Å². The van der Waals surface area contributed by atoms with Gasteiger partial charge in [-0.15, -0.1) is 0 Å². The fraction of sp³-hybridized carbons (Fsp3) is 0.250. The lowest BCUT2D eigenvalue weighted by Gasteiger charge is -2.26. The minimum absolute atomic E-state index is 0.145. The van der Waals surface area contributed by atoms with Gasteiger partial charge < -0.3 is 14.8 Å². The average molecular weight is 447 g/mol. The number of anilines is 1. The first-order valence-corrected chi connectivity index (χ1v) is 10.6. The first-order chi connectivity index (χ1) is 14.8. The van der Waals surface area contributed by atoms with Crippen molar-refractivity contribution < 1.29 is 31.9 Å². The van der Waals surface area contributed by atoms with Gasteiger partial charge in [0.1, 0.15) is 5.82 Å². The van der Waals surface area contributed by atoms with Crippen LogP contribution in [-0.2, 0) is 24.3 Å². The smallest absolute Gasteiger partial charge is 0.341 e. The van der Waals surface area contributed by atoms with Gasteiger partial charge in [0.2, 0.25) is 10.0 Å². The number of hydrogen-bond donors (Lipinski definition) is 1. The van der Waals surface area contributed by atoms with E-state index in [1.54, 1.807) is 18.2 Å². The molecule has 0 atom stereocenters. The van der Waals surface area contributed by atoms with Crippen LogP contribution in [0.25, 0.3) is 0 Å². The van der Waals surface area contributed by atoms with Gasteiger partial charge in [-0.3, -0.25) is 4.79 Å². The van der Waals surface area contributed by atoms with Crippen molar-refractivity contribution in [3.05, 3.63) is 59.4 Å². The third-order valence-corrected chi connectivity index (χ3v) is 6.27. The van der Waals surface area contributed by atoms with Gasteiger partial charge in [-0.2, -0.15) is 9.57 Å². The zero-order valence-corrected chi connectivity index (χ0v) is 17.0. The standard InChI is InChI=1S/C20H18FN3O6S/c21-18-5-4-16(31(27,28)24-6-8-29-9-7-24)11-17(18)20(26)30-13-19(25)23-15-3-1-2-14(10-15)12-22/h1-5,10-11H,6-9,13H2,(H,23,25). The lowest BCUT2D eigenvalue weighted by atomic mass is 10.2. The summed E-state index contributed by atoms with van der Waals surface area (Å²) in [5.74, 6) is -2.87. The van der Waals surface area contributed by atoms with Crippen molar-refractivity contribution >= 4 is 27.6 Å². The van der Waals surface area contributed by atoms with Crippen LogP contribution in [0.3, 0.4) is 0 Å². The number of carbonyl (C=O) groups is 2. The summed E-state index contributed by atoms with van der Waals surface area (Å²) in [5, 5.41) is 11.3. The van der Waals surface area contributed by atoms with Crippen molar-refractivity contribution in [1.82, 2.24) is 4.31 Å². The molecule has 3 rings (SSSR count).